The van der Waals surface area contributed by atoms with Gasteiger partial charge in [0, 0.05) is 0 Å². The van der Waals surface area contributed by atoms with Crippen LogP contribution in [0.3, 0.4) is 0 Å². The molecular formula is C21H22O3. The van der Waals surface area contributed by atoms with Crippen molar-refractivity contribution >= 4 is 0 Å². The predicted molar refractivity (Wildman–Crippen MR) is 95.1 cm³/mol. The highest BCUT2D eigenvalue weighted by atomic mass is 16.5. The Morgan fingerprint density at radius 1 is 0.750 bits per heavy atom. The lowest BCUT2D eigenvalue weighted by atomic mass is 9.88. The molecule has 0 aliphatic rings. The second-order valence-electron chi connectivity index (χ2n) is 5.91. The van der Waals surface area contributed by atoms with Crippen molar-refractivity contribution in [1.82, 2.24) is 0 Å². The number of benzene rings is 2. The molecule has 1 aromatic heterocycles. The van der Waals surface area contributed by atoms with E-state index < -0.39 is 0 Å². The van der Waals surface area contributed by atoms with Crippen LogP contribution in [0.25, 0.3) is 0 Å². The third-order valence-electron chi connectivity index (χ3n) is 4.20. The lowest BCUT2D eigenvalue weighted by Gasteiger charge is -2.18. The molecule has 2 aromatic carbocycles. The molecule has 0 bridgehead atoms. The fourth-order valence-electron chi connectivity index (χ4n) is 2.92. The lowest BCUT2D eigenvalue weighted by molar-refractivity contribution is 0.354. The molecule has 0 amide bonds. The van der Waals surface area contributed by atoms with Crippen molar-refractivity contribution in [1.29, 1.82) is 0 Å². The Balaban J connectivity index is 2.12. The molecule has 0 fully saturated rings. The maximum atomic E-state index is 5.94. The lowest BCUT2D eigenvalue weighted by Crippen LogP contribution is -2.03. The van der Waals surface area contributed by atoms with Crippen LogP contribution in [0.1, 0.15) is 34.1 Å². The van der Waals surface area contributed by atoms with Crippen LogP contribution in [-0.4, -0.2) is 14.2 Å². The van der Waals surface area contributed by atoms with Crippen molar-refractivity contribution in [3.05, 3.63) is 82.8 Å². The van der Waals surface area contributed by atoms with Crippen molar-refractivity contribution in [2.75, 3.05) is 14.2 Å². The zero-order chi connectivity index (χ0) is 17.1. The number of furan rings is 1. The van der Waals surface area contributed by atoms with Crippen LogP contribution in [0, 0.1) is 13.8 Å². The number of methoxy groups -OCH3 is 2. The second-order valence-corrected chi connectivity index (χ2v) is 5.91. The highest BCUT2D eigenvalue weighted by Crippen LogP contribution is 2.37. The fraction of sp³-hybridized carbons (Fsp3) is 0.238. The van der Waals surface area contributed by atoms with Gasteiger partial charge >= 0.3 is 0 Å². The first-order valence-electron chi connectivity index (χ1n) is 7.97. The normalized spacial score (nSPS) is 12.0. The van der Waals surface area contributed by atoms with Gasteiger partial charge in [-0.2, -0.15) is 0 Å². The van der Waals surface area contributed by atoms with Crippen LogP contribution in [0.2, 0.25) is 0 Å². The van der Waals surface area contributed by atoms with E-state index in [0.717, 1.165) is 28.6 Å². The summed E-state index contributed by atoms with van der Waals surface area (Å²) in [6.07, 6.45) is 0. The Kier molecular flexibility index (Phi) is 4.61. The van der Waals surface area contributed by atoms with E-state index in [0.29, 0.717) is 0 Å². The van der Waals surface area contributed by atoms with E-state index in [1.807, 2.05) is 31.2 Å². The Labute approximate surface area is 142 Å². The first kappa shape index (κ1) is 16.2. The van der Waals surface area contributed by atoms with E-state index >= 15 is 0 Å². The number of hydrogen-bond donors (Lipinski definition) is 0. The first-order chi connectivity index (χ1) is 11.6. The van der Waals surface area contributed by atoms with E-state index in [4.69, 9.17) is 13.9 Å². The van der Waals surface area contributed by atoms with Gasteiger partial charge in [-0.3, -0.25) is 0 Å². The highest BCUT2D eigenvalue weighted by molar-refractivity contribution is 5.49. The molecule has 0 unspecified atom stereocenters. The summed E-state index contributed by atoms with van der Waals surface area (Å²) in [5.74, 6) is 3.28. The molecule has 0 aliphatic heterocycles. The summed E-state index contributed by atoms with van der Waals surface area (Å²) in [7, 11) is 3.30. The van der Waals surface area contributed by atoms with E-state index in [-0.39, 0.29) is 5.92 Å². The molecule has 0 spiro atoms. The van der Waals surface area contributed by atoms with Gasteiger partial charge in [0.25, 0.3) is 0 Å². The van der Waals surface area contributed by atoms with Crippen molar-refractivity contribution in [3.63, 3.8) is 0 Å². The molecule has 124 valence electrons. The van der Waals surface area contributed by atoms with Crippen LogP contribution < -0.4 is 9.47 Å². The second kappa shape index (κ2) is 6.83. The molecule has 0 radical (unpaired) electrons. The average molecular weight is 322 g/mol. The van der Waals surface area contributed by atoms with E-state index in [1.54, 1.807) is 14.2 Å². The topological polar surface area (TPSA) is 31.6 Å². The standard InChI is InChI=1S/C21H22O3/c1-14-5-8-16(9-6-14)21(19-11-7-15(2)24-19)17-10-12-18(22-3)20(13-17)23-4/h5-13,21H,1-4H3/t21-/m0/s1. The van der Waals surface area contributed by atoms with Gasteiger partial charge in [0.2, 0.25) is 0 Å². The Bertz CT molecular complexity index is 815. The van der Waals surface area contributed by atoms with Crippen molar-refractivity contribution in [2.24, 2.45) is 0 Å². The highest BCUT2D eigenvalue weighted by Gasteiger charge is 2.21. The van der Waals surface area contributed by atoms with Gasteiger partial charge in [-0.15, -0.1) is 0 Å². The number of aryl methyl sites for hydroxylation is 2. The summed E-state index contributed by atoms with van der Waals surface area (Å²) in [5, 5.41) is 0. The van der Waals surface area contributed by atoms with Crippen molar-refractivity contribution < 1.29 is 13.9 Å². The Morgan fingerprint density at radius 2 is 1.42 bits per heavy atom. The van der Waals surface area contributed by atoms with Gasteiger partial charge in [-0.05, 0) is 49.2 Å². The molecular weight excluding hydrogens is 300 g/mol. The Hall–Kier alpha value is -2.68. The van der Waals surface area contributed by atoms with Crippen molar-refractivity contribution in [3.8, 4) is 11.5 Å². The van der Waals surface area contributed by atoms with Gasteiger partial charge < -0.3 is 13.9 Å². The summed E-state index contributed by atoms with van der Waals surface area (Å²) in [4.78, 5) is 0. The third kappa shape index (κ3) is 3.16. The molecule has 3 rings (SSSR count). The van der Waals surface area contributed by atoms with E-state index in [9.17, 15) is 0 Å². The van der Waals surface area contributed by atoms with Crippen LogP contribution in [-0.2, 0) is 0 Å². The summed E-state index contributed by atoms with van der Waals surface area (Å²) in [6.45, 7) is 4.05. The molecule has 1 heterocycles. The zero-order valence-corrected chi connectivity index (χ0v) is 14.5. The molecule has 0 saturated carbocycles. The SMILES string of the molecule is COc1ccc([C@H](c2ccc(C)cc2)c2ccc(C)o2)cc1OC. The first-order valence-corrected chi connectivity index (χ1v) is 7.97. The smallest absolute Gasteiger partial charge is 0.161 e. The third-order valence-corrected chi connectivity index (χ3v) is 4.20. The van der Waals surface area contributed by atoms with Crippen molar-refractivity contribution in [2.45, 2.75) is 19.8 Å². The maximum absolute atomic E-state index is 5.94. The largest absolute Gasteiger partial charge is 0.493 e. The van der Waals surface area contributed by atoms with Gasteiger partial charge in [-0.25, -0.2) is 0 Å². The molecule has 0 saturated heterocycles. The molecule has 3 aromatic rings. The molecule has 0 aliphatic carbocycles. The van der Waals surface area contributed by atoms with Crippen LogP contribution >= 0.6 is 0 Å². The fourth-order valence-corrected chi connectivity index (χ4v) is 2.92. The molecule has 24 heavy (non-hydrogen) atoms. The molecule has 3 heteroatoms. The van der Waals surface area contributed by atoms with E-state index in [2.05, 4.69) is 37.3 Å². The van der Waals surface area contributed by atoms with Crippen LogP contribution in [0.15, 0.2) is 59.0 Å². The predicted octanol–water partition coefficient (Wildman–Crippen LogP) is 5.09. The minimum atomic E-state index is 0.0131. The summed E-state index contributed by atoms with van der Waals surface area (Å²) in [6, 6.07) is 18.6. The summed E-state index contributed by atoms with van der Waals surface area (Å²) >= 11 is 0. The molecule has 1 atom stereocenters. The van der Waals surface area contributed by atoms with Gasteiger partial charge in [-0.1, -0.05) is 35.9 Å². The number of hydrogen-bond acceptors (Lipinski definition) is 3. The van der Waals surface area contributed by atoms with Gasteiger partial charge in [0.15, 0.2) is 11.5 Å². The van der Waals surface area contributed by atoms with Crippen LogP contribution in [0.5, 0.6) is 11.5 Å². The van der Waals surface area contributed by atoms with Crippen LogP contribution in [0.4, 0.5) is 0 Å². The van der Waals surface area contributed by atoms with Gasteiger partial charge in [0.05, 0.1) is 20.1 Å². The molecule has 3 nitrogen and oxygen atoms in total. The summed E-state index contributed by atoms with van der Waals surface area (Å²) in [5.41, 5.74) is 3.52. The maximum Gasteiger partial charge on any atom is 0.161 e. The van der Waals surface area contributed by atoms with Gasteiger partial charge in [0.1, 0.15) is 11.5 Å². The average Bonchev–Trinajstić information content (AvgIpc) is 3.02. The minimum Gasteiger partial charge on any atom is -0.493 e. The van der Waals surface area contributed by atoms with E-state index in [1.165, 1.54) is 11.1 Å². The zero-order valence-electron chi connectivity index (χ0n) is 14.5. The number of rotatable bonds is 5. The Morgan fingerprint density at radius 3 is 2.00 bits per heavy atom. The summed E-state index contributed by atoms with van der Waals surface area (Å²) < 4.78 is 16.8. The molecule has 0 N–H and O–H groups in total. The number of ether oxygens (including phenoxy) is 2. The minimum absolute atomic E-state index is 0.0131. The quantitative estimate of drug-likeness (QED) is 0.655. The monoisotopic (exact) mass is 322 g/mol.